The van der Waals surface area contributed by atoms with Gasteiger partial charge in [-0.05, 0) is 36.9 Å². The summed E-state index contributed by atoms with van der Waals surface area (Å²) in [4.78, 5) is 29.6. The van der Waals surface area contributed by atoms with E-state index in [1.165, 1.54) is 0 Å². The Morgan fingerprint density at radius 1 is 1.14 bits per heavy atom. The zero-order chi connectivity index (χ0) is 19.7. The summed E-state index contributed by atoms with van der Waals surface area (Å²) in [6.45, 7) is 3.64. The Morgan fingerprint density at radius 3 is 2.68 bits per heavy atom. The first-order valence-corrected chi connectivity index (χ1v) is 9.72. The van der Waals surface area contributed by atoms with Crippen molar-refractivity contribution in [2.24, 2.45) is 0 Å². The van der Waals surface area contributed by atoms with Crippen LogP contribution in [-0.2, 0) is 16.0 Å². The Morgan fingerprint density at radius 2 is 1.89 bits per heavy atom. The summed E-state index contributed by atoms with van der Waals surface area (Å²) in [5, 5.41) is 3.47. The zero-order valence-corrected chi connectivity index (χ0v) is 16.4. The number of esters is 1. The molecule has 1 amide bonds. The van der Waals surface area contributed by atoms with Gasteiger partial charge in [0.2, 0.25) is 0 Å². The number of carbonyl (C=O) groups is 2. The van der Waals surface area contributed by atoms with Crippen molar-refractivity contribution in [2.45, 2.75) is 12.5 Å². The molecule has 1 saturated heterocycles. The van der Waals surface area contributed by atoms with Crippen molar-refractivity contribution < 1.29 is 14.3 Å². The minimum absolute atomic E-state index is 0.347. The number of piperazine rings is 1. The molecule has 1 atom stereocenters. The third-order valence-corrected chi connectivity index (χ3v) is 5.48. The molecule has 4 rings (SSSR count). The molecular formula is C21H22ClN3O3. The van der Waals surface area contributed by atoms with E-state index in [9.17, 15) is 9.59 Å². The van der Waals surface area contributed by atoms with Crippen molar-refractivity contribution in [3.8, 4) is 0 Å². The van der Waals surface area contributed by atoms with E-state index < -0.39 is 12.1 Å². The third kappa shape index (κ3) is 3.84. The van der Waals surface area contributed by atoms with E-state index in [-0.39, 0.29) is 5.91 Å². The first kappa shape index (κ1) is 18.8. The molecule has 2 aromatic rings. The number of fused-ring (bicyclic) bond motifs is 1. The molecule has 0 aliphatic carbocycles. The molecule has 28 heavy (non-hydrogen) atoms. The third-order valence-electron chi connectivity index (χ3n) is 5.24. The summed E-state index contributed by atoms with van der Waals surface area (Å²) in [7, 11) is 2.09. The van der Waals surface area contributed by atoms with E-state index in [2.05, 4.69) is 22.2 Å². The number of halogens is 1. The maximum atomic E-state index is 12.9. The molecule has 0 spiro atoms. The van der Waals surface area contributed by atoms with Crippen LogP contribution < -0.4 is 10.2 Å². The van der Waals surface area contributed by atoms with Crippen LogP contribution in [0.5, 0.6) is 0 Å². The summed E-state index contributed by atoms with van der Waals surface area (Å²) in [5.74, 6) is -0.812. The lowest BCUT2D eigenvalue weighted by molar-refractivity contribution is -0.125. The normalized spacial score (nSPS) is 19.7. The van der Waals surface area contributed by atoms with Gasteiger partial charge in [-0.15, -0.1) is 0 Å². The maximum absolute atomic E-state index is 12.9. The van der Waals surface area contributed by atoms with Gasteiger partial charge in [0.15, 0.2) is 6.10 Å². The van der Waals surface area contributed by atoms with Crippen LogP contribution in [0.2, 0.25) is 5.02 Å². The molecule has 1 unspecified atom stereocenters. The fraction of sp³-hybridized carbons (Fsp3) is 0.333. The predicted molar refractivity (Wildman–Crippen MR) is 109 cm³/mol. The molecule has 1 N–H and O–H groups in total. The fourth-order valence-electron chi connectivity index (χ4n) is 3.62. The Balaban J connectivity index is 1.53. The molecule has 0 aromatic heterocycles. The monoisotopic (exact) mass is 399 g/mol. The number of hydrogen-bond acceptors (Lipinski definition) is 5. The molecule has 0 radical (unpaired) electrons. The maximum Gasteiger partial charge on any atom is 0.339 e. The van der Waals surface area contributed by atoms with Gasteiger partial charge in [0.25, 0.3) is 5.91 Å². The minimum atomic E-state index is -0.860. The topological polar surface area (TPSA) is 61.9 Å². The predicted octanol–water partition coefficient (Wildman–Crippen LogP) is 2.81. The van der Waals surface area contributed by atoms with Gasteiger partial charge in [-0.2, -0.15) is 0 Å². The number of nitrogens with one attached hydrogen (secondary N) is 1. The standard InChI is InChI=1S/C21H22ClN3O3/c1-24-8-10-25(11-9-24)18-7-6-15(22)13-17(18)23-20(26)19-12-14-4-2-3-5-16(14)21(27)28-19/h2-7,13,19H,8-12H2,1H3,(H,23,26). The van der Waals surface area contributed by atoms with Gasteiger partial charge >= 0.3 is 5.97 Å². The van der Waals surface area contributed by atoms with E-state index in [1.807, 2.05) is 24.3 Å². The van der Waals surface area contributed by atoms with Crippen LogP contribution in [0.1, 0.15) is 15.9 Å². The lowest BCUT2D eigenvalue weighted by Gasteiger charge is -2.35. The second-order valence-corrected chi connectivity index (χ2v) is 7.63. The first-order valence-electron chi connectivity index (χ1n) is 9.34. The van der Waals surface area contributed by atoms with E-state index in [4.69, 9.17) is 16.3 Å². The van der Waals surface area contributed by atoms with E-state index in [1.54, 1.807) is 18.2 Å². The SMILES string of the molecule is CN1CCN(c2ccc(Cl)cc2NC(=O)C2Cc3ccccc3C(=O)O2)CC1. The van der Waals surface area contributed by atoms with Crippen molar-refractivity contribution >= 4 is 34.9 Å². The van der Waals surface area contributed by atoms with Crippen LogP contribution in [0, 0.1) is 0 Å². The lowest BCUT2D eigenvalue weighted by atomic mass is 9.98. The summed E-state index contributed by atoms with van der Waals surface area (Å²) in [5.41, 5.74) is 2.90. The van der Waals surface area contributed by atoms with Crippen LogP contribution in [0.15, 0.2) is 42.5 Å². The summed E-state index contributed by atoms with van der Waals surface area (Å²) in [6, 6.07) is 12.7. The zero-order valence-electron chi connectivity index (χ0n) is 15.7. The largest absolute Gasteiger partial charge is 0.448 e. The molecule has 146 valence electrons. The number of anilines is 2. The van der Waals surface area contributed by atoms with Gasteiger partial charge in [-0.3, -0.25) is 4.79 Å². The number of likely N-dealkylation sites (N-methyl/N-ethyl adjacent to an activating group) is 1. The molecule has 2 aliphatic heterocycles. The summed E-state index contributed by atoms with van der Waals surface area (Å²) < 4.78 is 5.37. The van der Waals surface area contributed by atoms with E-state index in [0.717, 1.165) is 37.4 Å². The van der Waals surface area contributed by atoms with Gasteiger partial charge in [0.05, 0.1) is 16.9 Å². The molecule has 1 fully saturated rings. The fourth-order valence-corrected chi connectivity index (χ4v) is 3.79. The molecule has 2 heterocycles. The number of cyclic esters (lactones) is 1. The Hall–Kier alpha value is -2.57. The van der Waals surface area contributed by atoms with Crippen molar-refractivity contribution in [1.82, 2.24) is 4.90 Å². The van der Waals surface area contributed by atoms with Crippen LogP contribution in [-0.4, -0.2) is 56.1 Å². The second kappa shape index (κ2) is 7.81. The van der Waals surface area contributed by atoms with Crippen molar-refractivity contribution in [1.29, 1.82) is 0 Å². The number of rotatable bonds is 3. The van der Waals surface area contributed by atoms with Gasteiger partial charge in [0.1, 0.15) is 0 Å². The highest BCUT2D eigenvalue weighted by molar-refractivity contribution is 6.31. The number of nitrogens with zero attached hydrogens (tertiary/aromatic N) is 2. The Bertz CT molecular complexity index is 910. The number of benzene rings is 2. The highest BCUT2D eigenvalue weighted by Gasteiger charge is 2.31. The number of hydrogen-bond donors (Lipinski definition) is 1. The van der Waals surface area contributed by atoms with Crippen LogP contribution >= 0.6 is 11.6 Å². The van der Waals surface area contributed by atoms with Gasteiger partial charge in [0, 0.05) is 37.6 Å². The number of amides is 1. The van der Waals surface area contributed by atoms with E-state index >= 15 is 0 Å². The average molecular weight is 400 g/mol. The molecule has 2 aromatic carbocycles. The molecular weight excluding hydrogens is 378 g/mol. The smallest absolute Gasteiger partial charge is 0.339 e. The minimum Gasteiger partial charge on any atom is -0.448 e. The Labute approximate surface area is 169 Å². The molecule has 0 bridgehead atoms. The number of carbonyl (C=O) groups excluding carboxylic acids is 2. The van der Waals surface area contributed by atoms with Crippen molar-refractivity contribution in [3.63, 3.8) is 0 Å². The second-order valence-electron chi connectivity index (χ2n) is 7.20. The highest BCUT2D eigenvalue weighted by atomic mass is 35.5. The van der Waals surface area contributed by atoms with Crippen molar-refractivity contribution in [2.75, 3.05) is 43.4 Å². The van der Waals surface area contributed by atoms with Gasteiger partial charge in [-0.1, -0.05) is 29.8 Å². The van der Waals surface area contributed by atoms with Crippen LogP contribution in [0.4, 0.5) is 11.4 Å². The molecule has 0 saturated carbocycles. The quantitative estimate of drug-likeness (QED) is 0.804. The van der Waals surface area contributed by atoms with Crippen LogP contribution in [0.25, 0.3) is 0 Å². The number of ether oxygens (including phenoxy) is 1. The van der Waals surface area contributed by atoms with Crippen molar-refractivity contribution in [3.05, 3.63) is 58.6 Å². The molecule has 7 heteroatoms. The van der Waals surface area contributed by atoms with Gasteiger partial charge < -0.3 is 19.9 Å². The van der Waals surface area contributed by atoms with Gasteiger partial charge in [-0.25, -0.2) is 4.79 Å². The Kier molecular flexibility index (Phi) is 5.24. The molecule has 6 nitrogen and oxygen atoms in total. The summed E-state index contributed by atoms with van der Waals surface area (Å²) in [6.07, 6.45) is -0.500. The molecule has 2 aliphatic rings. The van der Waals surface area contributed by atoms with E-state index in [0.29, 0.717) is 22.7 Å². The first-order chi connectivity index (χ1) is 13.5. The average Bonchev–Trinajstić information content (AvgIpc) is 2.69. The highest BCUT2D eigenvalue weighted by Crippen LogP contribution is 2.31. The lowest BCUT2D eigenvalue weighted by Crippen LogP contribution is -2.45. The van der Waals surface area contributed by atoms with Crippen LogP contribution in [0.3, 0.4) is 0 Å². The summed E-state index contributed by atoms with van der Waals surface area (Å²) >= 11 is 6.17.